The van der Waals surface area contributed by atoms with Crippen LogP contribution >= 0.6 is 15.9 Å². The van der Waals surface area contributed by atoms with Crippen LogP contribution in [0.4, 0.5) is 5.69 Å². The fourth-order valence-electron chi connectivity index (χ4n) is 2.35. The zero-order valence-corrected chi connectivity index (χ0v) is 12.7. The molecule has 4 nitrogen and oxygen atoms in total. The summed E-state index contributed by atoms with van der Waals surface area (Å²) in [4.78, 5) is 0.186. The molecule has 2 rings (SSSR count). The SMILES string of the molecule is CN(C1CCCC1)S(=O)(=O)c1cc(Br)ccc1N. The largest absolute Gasteiger partial charge is 0.398 e. The van der Waals surface area contributed by atoms with Gasteiger partial charge >= 0.3 is 0 Å². The summed E-state index contributed by atoms with van der Waals surface area (Å²) in [5, 5.41) is 0. The minimum Gasteiger partial charge on any atom is -0.398 e. The molecule has 6 heteroatoms. The fraction of sp³-hybridized carbons (Fsp3) is 0.500. The number of rotatable bonds is 3. The van der Waals surface area contributed by atoms with Crippen LogP contribution in [0.3, 0.4) is 0 Å². The third-order valence-electron chi connectivity index (χ3n) is 3.47. The quantitative estimate of drug-likeness (QED) is 0.865. The molecule has 0 saturated heterocycles. The number of benzene rings is 1. The lowest BCUT2D eigenvalue weighted by molar-refractivity contribution is 0.373. The van der Waals surface area contributed by atoms with Gasteiger partial charge in [-0.15, -0.1) is 0 Å². The highest BCUT2D eigenvalue weighted by molar-refractivity contribution is 9.10. The summed E-state index contributed by atoms with van der Waals surface area (Å²) < 4.78 is 27.2. The molecule has 0 unspecified atom stereocenters. The Kier molecular flexibility index (Phi) is 3.99. The predicted molar refractivity (Wildman–Crippen MR) is 75.8 cm³/mol. The van der Waals surface area contributed by atoms with E-state index in [1.54, 1.807) is 25.2 Å². The molecule has 0 aliphatic heterocycles. The smallest absolute Gasteiger partial charge is 0.245 e. The number of nitrogens with two attached hydrogens (primary N) is 1. The van der Waals surface area contributed by atoms with E-state index < -0.39 is 10.0 Å². The van der Waals surface area contributed by atoms with Crippen molar-refractivity contribution in [1.29, 1.82) is 0 Å². The first-order valence-corrected chi connectivity index (χ1v) is 8.19. The highest BCUT2D eigenvalue weighted by atomic mass is 79.9. The second-order valence-electron chi connectivity index (χ2n) is 4.64. The van der Waals surface area contributed by atoms with Crippen LogP contribution in [0, 0.1) is 0 Å². The molecule has 1 saturated carbocycles. The van der Waals surface area contributed by atoms with Gasteiger partial charge < -0.3 is 5.73 Å². The maximum atomic E-state index is 12.5. The van der Waals surface area contributed by atoms with Crippen LogP contribution in [0.1, 0.15) is 25.7 Å². The maximum absolute atomic E-state index is 12.5. The third-order valence-corrected chi connectivity index (χ3v) is 5.93. The third kappa shape index (κ3) is 2.55. The summed E-state index contributed by atoms with van der Waals surface area (Å²) in [6.45, 7) is 0. The molecule has 0 radical (unpaired) electrons. The summed E-state index contributed by atoms with van der Waals surface area (Å²) in [5.74, 6) is 0. The van der Waals surface area contributed by atoms with Crippen LogP contribution in [0.2, 0.25) is 0 Å². The Hall–Kier alpha value is -0.590. The number of nitrogens with zero attached hydrogens (tertiary/aromatic N) is 1. The average molecular weight is 333 g/mol. The first-order chi connectivity index (χ1) is 8.43. The minimum absolute atomic E-state index is 0.105. The van der Waals surface area contributed by atoms with Crippen molar-refractivity contribution in [2.24, 2.45) is 0 Å². The molecular formula is C12H17BrN2O2S. The first kappa shape index (κ1) is 13.8. The van der Waals surface area contributed by atoms with Gasteiger partial charge in [-0.25, -0.2) is 8.42 Å². The van der Waals surface area contributed by atoms with Crippen molar-refractivity contribution in [3.05, 3.63) is 22.7 Å². The number of nitrogen functional groups attached to an aromatic ring is 1. The Morgan fingerprint density at radius 2 is 1.94 bits per heavy atom. The van der Waals surface area contributed by atoms with Crippen molar-refractivity contribution in [3.8, 4) is 0 Å². The Balaban J connectivity index is 2.37. The molecule has 0 amide bonds. The van der Waals surface area contributed by atoms with E-state index >= 15 is 0 Å². The summed E-state index contributed by atoms with van der Waals surface area (Å²) >= 11 is 3.28. The van der Waals surface area contributed by atoms with Crippen molar-refractivity contribution >= 4 is 31.6 Å². The summed E-state index contributed by atoms with van der Waals surface area (Å²) in [6, 6.07) is 5.02. The molecule has 0 aromatic heterocycles. The van der Waals surface area contributed by atoms with Crippen LogP contribution in [0.15, 0.2) is 27.6 Å². The molecule has 0 bridgehead atoms. The van der Waals surface area contributed by atoms with Gasteiger partial charge in [-0.1, -0.05) is 28.8 Å². The van der Waals surface area contributed by atoms with Gasteiger partial charge in [-0.3, -0.25) is 0 Å². The van der Waals surface area contributed by atoms with E-state index in [0.29, 0.717) is 5.69 Å². The molecule has 1 aliphatic rings. The van der Waals surface area contributed by atoms with Gasteiger partial charge in [-0.05, 0) is 31.0 Å². The Labute approximate surface area is 116 Å². The van der Waals surface area contributed by atoms with E-state index in [4.69, 9.17) is 5.73 Å². The molecule has 0 atom stereocenters. The zero-order valence-electron chi connectivity index (χ0n) is 10.3. The van der Waals surface area contributed by atoms with Crippen LogP contribution in [0.25, 0.3) is 0 Å². The van der Waals surface area contributed by atoms with Gasteiger partial charge in [0.25, 0.3) is 0 Å². The van der Waals surface area contributed by atoms with Crippen LogP contribution < -0.4 is 5.73 Å². The van der Waals surface area contributed by atoms with Crippen molar-refractivity contribution in [1.82, 2.24) is 4.31 Å². The lowest BCUT2D eigenvalue weighted by Crippen LogP contribution is -2.35. The average Bonchev–Trinajstić information content (AvgIpc) is 2.84. The fourth-order valence-corrected chi connectivity index (χ4v) is 4.42. The molecule has 1 aromatic rings. The van der Waals surface area contributed by atoms with E-state index in [0.717, 1.165) is 30.2 Å². The minimum atomic E-state index is -3.50. The molecule has 0 heterocycles. The lowest BCUT2D eigenvalue weighted by Gasteiger charge is -2.24. The molecule has 1 aromatic carbocycles. The van der Waals surface area contributed by atoms with Crippen molar-refractivity contribution in [3.63, 3.8) is 0 Å². The van der Waals surface area contributed by atoms with Gasteiger partial charge in [0.15, 0.2) is 0 Å². The molecular weight excluding hydrogens is 316 g/mol. The molecule has 1 aliphatic carbocycles. The second-order valence-corrected chi connectivity index (χ2v) is 7.52. The summed E-state index contributed by atoms with van der Waals surface area (Å²) in [7, 11) is -1.85. The van der Waals surface area contributed by atoms with Gasteiger partial charge in [0.1, 0.15) is 4.90 Å². The van der Waals surface area contributed by atoms with Crippen molar-refractivity contribution < 1.29 is 8.42 Å². The maximum Gasteiger partial charge on any atom is 0.245 e. The standard InChI is InChI=1S/C12H17BrN2O2S/c1-15(10-4-2-3-5-10)18(16,17)12-8-9(13)6-7-11(12)14/h6-8,10H,2-5,14H2,1H3. The number of halogens is 1. The van der Waals surface area contributed by atoms with Crippen LogP contribution in [-0.4, -0.2) is 25.8 Å². The monoisotopic (exact) mass is 332 g/mol. The van der Waals surface area contributed by atoms with E-state index in [-0.39, 0.29) is 10.9 Å². The lowest BCUT2D eigenvalue weighted by atomic mass is 10.3. The molecule has 18 heavy (non-hydrogen) atoms. The molecule has 1 fully saturated rings. The van der Waals surface area contributed by atoms with Gasteiger partial charge in [0, 0.05) is 17.6 Å². The van der Waals surface area contributed by atoms with E-state index in [2.05, 4.69) is 15.9 Å². The van der Waals surface area contributed by atoms with Crippen molar-refractivity contribution in [2.45, 2.75) is 36.6 Å². The second kappa shape index (κ2) is 5.19. The van der Waals surface area contributed by atoms with Gasteiger partial charge in [0.2, 0.25) is 10.0 Å². The summed E-state index contributed by atoms with van der Waals surface area (Å²) in [5.41, 5.74) is 6.08. The Bertz CT molecular complexity index is 539. The number of anilines is 1. The highest BCUT2D eigenvalue weighted by Gasteiger charge is 2.31. The zero-order chi connectivity index (χ0) is 13.3. The summed E-state index contributed by atoms with van der Waals surface area (Å²) in [6.07, 6.45) is 4.06. The number of hydrogen-bond donors (Lipinski definition) is 1. The number of hydrogen-bond acceptors (Lipinski definition) is 3. The molecule has 2 N–H and O–H groups in total. The van der Waals surface area contributed by atoms with Crippen LogP contribution in [0.5, 0.6) is 0 Å². The van der Waals surface area contributed by atoms with Crippen molar-refractivity contribution in [2.75, 3.05) is 12.8 Å². The van der Waals surface area contributed by atoms with Gasteiger partial charge in [0.05, 0.1) is 5.69 Å². The predicted octanol–water partition coefficient (Wildman–Crippen LogP) is 2.59. The van der Waals surface area contributed by atoms with Crippen LogP contribution in [-0.2, 0) is 10.0 Å². The molecule has 0 spiro atoms. The Morgan fingerprint density at radius 1 is 1.33 bits per heavy atom. The topological polar surface area (TPSA) is 63.4 Å². The van der Waals surface area contributed by atoms with E-state index in [1.807, 2.05) is 0 Å². The number of sulfonamides is 1. The Morgan fingerprint density at radius 3 is 2.56 bits per heavy atom. The molecule has 100 valence electrons. The van der Waals surface area contributed by atoms with Gasteiger partial charge in [-0.2, -0.15) is 4.31 Å². The normalized spacial score (nSPS) is 17.5. The van der Waals surface area contributed by atoms with E-state index in [1.165, 1.54) is 4.31 Å². The van der Waals surface area contributed by atoms with E-state index in [9.17, 15) is 8.42 Å². The first-order valence-electron chi connectivity index (χ1n) is 5.96. The highest BCUT2D eigenvalue weighted by Crippen LogP contribution is 2.30.